The van der Waals surface area contributed by atoms with Crippen LogP contribution in [0.1, 0.15) is 41.0 Å². The second-order valence-electron chi connectivity index (χ2n) is 9.64. The first-order valence-electron chi connectivity index (χ1n) is 11.7. The fourth-order valence-electron chi connectivity index (χ4n) is 3.47. The molecule has 1 aromatic carbocycles. The molecule has 1 aliphatic rings. The van der Waals surface area contributed by atoms with Gasteiger partial charge in [-0.1, -0.05) is 32.0 Å². The summed E-state index contributed by atoms with van der Waals surface area (Å²) >= 11 is 0. The first-order valence-corrected chi connectivity index (χ1v) is 11.7. The number of piperazine rings is 1. The van der Waals surface area contributed by atoms with Gasteiger partial charge in [-0.2, -0.15) is 0 Å². The molecule has 0 radical (unpaired) electrons. The Hall–Kier alpha value is -2.81. The van der Waals surface area contributed by atoms with Crippen molar-refractivity contribution in [2.24, 2.45) is 5.92 Å². The molecule has 184 valence electrons. The number of rotatable bonds is 8. The summed E-state index contributed by atoms with van der Waals surface area (Å²) in [7, 11) is 0. The molecule has 0 spiro atoms. The normalized spacial score (nSPS) is 15.6. The highest BCUT2D eigenvalue weighted by Gasteiger charge is 2.26. The summed E-state index contributed by atoms with van der Waals surface area (Å²) in [6.45, 7) is 13.6. The second-order valence-corrected chi connectivity index (χ2v) is 9.64. The summed E-state index contributed by atoms with van der Waals surface area (Å²) in [6.07, 6.45) is 0.525. The molecule has 0 saturated carbocycles. The Morgan fingerprint density at radius 2 is 1.67 bits per heavy atom. The van der Waals surface area contributed by atoms with Crippen molar-refractivity contribution in [2.75, 3.05) is 44.6 Å². The van der Waals surface area contributed by atoms with E-state index in [1.807, 2.05) is 52.8 Å². The SMILES string of the molecule is CC(C)C(NC(=O)Nc1ccccc1)C(=O)NCCCN1CCN(C(=O)OC(C)(C)C)CC1. The number of benzene rings is 1. The van der Waals surface area contributed by atoms with Crippen molar-refractivity contribution < 1.29 is 19.1 Å². The smallest absolute Gasteiger partial charge is 0.410 e. The number of para-hydroxylation sites is 1. The van der Waals surface area contributed by atoms with Crippen LogP contribution in [-0.4, -0.2) is 78.7 Å². The van der Waals surface area contributed by atoms with Crippen molar-refractivity contribution in [3.05, 3.63) is 30.3 Å². The number of hydrogen-bond donors (Lipinski definition) is 3. The Kier molecular flexibility index (Phi) is 9.96. The number of carbonyl (C=O) groups excluding carboxylic acids is 3. The minimum Gasteiger partial charge on any atom is -0.444 e. The Labute approximate surface area is 197 Å². The molecule has 1 saturated heterocycles. The molecule has 1 aliphatic heterocycles. The number of nitrogens with one attached hydrogen (secondary N) is 3. The van der Waals surface area contributed by atoms with Gasteiger partial charge in [0, 0.05) is 38.4 Å². The third-order valence-corrected chi connectivity index (χ3v) is 5.24. The fourth-order valence-corrected chi connectivity index (χ4v) is 3.47. The lowest BCUT2D eigenvalue weighted by atomic mass is 10.0. The lowest BCUT2D eigenvalue weighted by Crippen LogP contribution is -2.52. The van der Waals surface area contributed by atoms with E-state index in [0.29, 0.717) is 25.3 Å². The summed E-state index contributed by atoms with van der Waals surface area (Å²) in [6, 6.07) is 8.09. The maximum Gasteiger partial charge on any atom is 0.410 e. The van der Waals surface area contributed by atoms with E-state index in [0.717, 1.165) is 26.1 Å². The zero-order valence-electron chi connectivity index (χ0n) is 20.5. The van der Waals surface area contributed by atoms with Gasteiger partial charge < -0.3 is 25.6 Å². The summed E-state index contributed by atoms with van der Waals surface area (Å²) in [5.74, 6) is -0.240. The molecule has 1 atom stereocenters. The topological polar surface area (TPSA) is 103 Å². The Bertz CT molecular complexity index is 771. The van der Waals surface area contributed by atoms with E-state index in [-0.39, 0.29) is 17.9 Å². The van der Waals surface area contributed by atoms with Crippen LogP contribution in [0.2, 0.25) is 0 Å². The van der Waals surface area contributed by atoms with Crippen LogP contribution in [0.5, 0.6) is 0 Å². The van der Waals surface area contributed by atoms with Gasteiger partial charge in [0.05, 0.1) is 0 Å². The van der Waals surface area contributed by atoms with Gasteiger partial charge in [0.2, 0.25) is 5.91 Å². The van der Waals surface area contributed by atoms with E-state index in [1.54, 1.807) is 17.0 Å². The highest BCUT2D eigenvalue weighted by Crippen LogP contribution is 2.12. The van der Waals surface area contributed by atoms with Crippen LogP contribution in [0.4, 0.5) is 15.3 Å². The first kappa shape index (κ1) is 26.4. The molecule has 4 amide bonds. The first-order chi connectivity index (χ1) is 15.5. The number of ether oxygens (including phenoxy) is 1. The van der Waals surface area contributed by atoms with Crippen LogP contribution in [-0.2, 0) is 9.53 Å². The molecule has 9 nitrogen and oxygen atoms in total. The molecule has 9 heteroatoms. The van der Waals surface area contributed by atoms with Crippen LogP contribution in [0, 0.1) is 5.92 Å². The van der Waals surface area contributed by atoms with E-state index in [1.165, 1.54) is 0 Å². The predicted octanol–water partition coefficient (Wildman–Crippen LogP) is 2.89. The van der Waals surface area contributed by atoms with Crippen molar-refractivity contribution in [1.29, 1.82) is 0 Å². The van der Waals surface area contributed by atoms with Crippen molar-refractivity contribution in [1.82, 2.24) is 20.4 Å². The molecule has 3 N–H and O–H groups in total. The van der Waals surface area contributed by atoms with E-state index in [9.17, 15) is 14.4 Å². The maximum atomic E-state index is 12.6. The molecule has 0 aliphatic carbocycles. The van der Waals surface area contributed by atoms with Gasteiger partial charge in [-0.15, -0.1) is 0 Å². The summed E-state index contributed by atoms with van der Waals surface area (Å²) < 4.78 is 5.43. The third kappa shape index (κ3) is 9.69. The van der Waals surface area contributed by atoms with E-state index >= 15 is 0 Å². The van der Waals surface area contributed by atoms with Crippen LogP contribution >= 0.6 is 0 Å². The largest absolute Gasteiger partial charge is 0.444 e. The van der Waals surface area contributed by atoms with Crippen molar-refractivity contribution in [2.45, 2.75) is 52.7 Å². The fraction of sp³-hybridized carbons (Fsp3) is 0.625. The number of nitrogens with zero attached hydrogens (tertiary/aromatic N) is 2. The van der Waals surface area contributed by atoms with Gasteiger partial charge in [-0.25, -0.2) is 9.59 Å². The summed E-state index contributed by atoms with van der Waals surface area (Å²) in [5.41, 5.74) is 0.182. The third-order valence-electron chi connectivity index (χ3n) is 5.24. The molecular weight excluding hydrogens is 422 g/mol. The minimum absolute atomic E-state index is 0.0487. The highest BCUT2D eigenvalue weighted by atomic mass is 16.6. The van der Waals surface area contributed by atoms with Crippen LogP contribution in [0.25, 0.3) is 0 Å². The van der Waals surface area contributed by atoms with Crippen molar-refractivity contribution >= 4 is 23.7 Å². The molecule has 1 heterocycles. The monoisotopic (exact) mass is 461 g/mol. The standard InChI is InChI=1S/C24H39N5O4/c1-18(2)20(27-22(31)26-19-10-7-6-8-11-19)21(30)25-12-9-13-28-14-16-29(17-15-28)23(32)33-24(3,4)5/h6-8,10-11,18,20H,9,12-17H2,1-5H3,(H,25,30)(H2,26,27,31). The summed E-state index contributed by atoms with van der Waals surface area (Å²) in [5, 5.41) is 8.44. The number of hydrogen-bond acceptors (Lipinski definition) is 5. The van der Waals surface area contributed by atoms with Crippen LogP contribution in [0.15, 0.2) is 30.3 Å². The zero-order chi connectivity index (χ0) is 24.4. The molecule has 0 bridgehead atoms. The second kappa shape index (κ2) is 12.4. The van der Waals surface area contributed by atoms with Crippen molar-refractivity contribution in [3.8, 4) is 0 Å². The van der Waals surface area contributed by atoms with Gasteiger partial charge in [-0.05, 0) is 51.8 Å². The van der Waals surface area contributed by atoms with Gasteiger partial charge in [-0.3, -0.25) is 9.69 Å². The molecular formula is C24H39N5O4. The van der Waals surface area contributed by atoms with Crippen molar-refractivity contribution in [3.63, 3.8) is 0 Å². The van der Waals surface area contributed by atoms with E-state index in [4.69, 9.17) is 4.74 Å². The highest BCUT2D eigenvalue weighted by molar-refractivity contribution is 5.93. The molecule has 2 rings (SSSR count). The lowest BCUT2D eigenvalue weighted by Gasteiger charge is -2.35. The molecule has 0 aromatic heterocycles. The Balaban J connectivity index is 1.67. The lowest BCUT2D eigenvalue weighted by molar-refractivity contribution is -0.123. The van der Waals surface area contributed by atoms with Gasteiger partial charge >= 0.3 is 12.1 Å². The van der Waals surface area contributed by atoms with Crippen LogP contribution < -0.4 is 16.0 Å². The molecule has 1 unspecified atom stereocenters. The van der Waals surface area contributed by atoms with Crippen LogP contribution in [0.3, 0.4) is 0 Å². The molecule has 33 heavy (non-hydrogen) atoms. The van der Waals surface area contributed by atoms with E-state index < -0.39 is 17.7 Å². The Morgan fingerprint density at radius 3 is 2.24 bits per heavy atom. The number of anilines is 1. The minimum atomic E-state index is -0.619. The maximum absolute atomic E-state index is 12.6. The average Bonchev–Trinajstić information content (AvgIpc) is 2.74. The predicted molar refractivity (Wildman–Crippen MR) is 129 cm³/mol. The summed E-state index contributed by atoms with van der Waals surface area (Å²) in [4.78, 5) is 41.1. The number of carbonyl (C=O) groups is 3. The Morgan fingerprint density at radius 1 is 1.03 bits per heavy atom. The number of urea groups is 1. The van der Waals surface area contributed by atoms with Gasteiger partial charge in [0.25, 0.3) is 0 Å². The van der Waals surface area contributed by atoms with E-state index in [2.05, 4.69) is 20.9 Å². The molecule has 1 aromatic rings. The number of amides is 4. The molecule has 1 fully saturated rings. The zero-order valence-corrected chi connectivity index (χ0v) is 20.5. The van der Waals surface area contributed by atoms with Gasteiger partial charge in [0.15, 0.2) is 0 Å². The quantitative estimate of drug-likeness (QED) is 0.517. The van der Waals surface area contributed by atoms with Gasteiger partial charge in [0.1, 0.15) is 11.6 Å². The average molecular weight is 462 g/mol.